The number of halogens is 1. The molecule has 0 radical (unpaired) electrons. The van der Waals surface area contributed by atoms with E-state index in [-0.39, 0.29) is 28.8 Å². The Bertz CT molecular complexity index is 1220. The van der Waals surface area contributed by atoms with E-state index in [0.717, 1.165) is 50.3 Å². The molecular formula is C23H27ClN4O4S. The van der Waals surface area contributed by atoms with Gasteiger partial charge in [-0.05, 0) is 36.4 Å². The third-order valence-electron chi connectivity index (χ3n) is 5.59. The summed E-state index contributed by atoms with van der Waals surface area (Å²) in [4.78, 5) is 14.7. The van der Waals surface area contributed by atoms with E-state index in [9.17, 15) is 13.2 Å². The van der Waals surface area contributed by atoms with E-state index in [1.54, 1.807) is 12.1 Å². The lowest BCUT2D eigenvalue weighted by molar-refractivity contribution is -0.116. The molecule has 1 amide bonds. The van der Waals surface area contributed by atoms with Crippen molar-refractivity contribution in [2.75, 3.05) is 44.7 Å². The molecule has 0 unspecified atom stereocenters. The summed E-state index contributed by atoms with van der Waals surface area (Å²) in [5, 5.41) is 4.01. The van der Waals surface area contributed by atoms with Gasteiger partial charge in [0.2, 0.25) is 15.9 Å². The van der Waals surface area contributed by atoms with Crippen molar-refractivity contribution >= 4 is 44.1 Å². The SMILES string of the molecule is O=C(CCNS(=O)(=O)c1ccccc1Cl)Nc1ccc2c(ccn2CCN2CCOCC2)c1. The first kappa shape index (κ1) is 23.7. The van der Waals surface area contributed by atoms with Crippen molar-refractivity contribution in [3.63, 3.8) is 0 Å². The maximum absolute atomic E-state index is 12.4. The Hall–Kier alpha value is -2.43. The minimum Gasteiger partial charge on any atom is -0.379 e. The van der Waals surface area contributed by atoms with Gasteiger partial charge in [0.25, 0.3) is 0 Å². The van der Waals surface area contributed by atoms with Crippen molar-refractivity contribution in [3.8, 4) is 0 Å². The molecule has 1 saturated heterocycles. The fraction of sp³-hybridized carbons (Fsp3) is 0.348. The Morgan fingerprint density at radius 1 is 1.06 bits per heavy atom. The summed E-state index contributed by atoms with van der Waals surface area (Å²) in [7, 11) is -3.77. The zero-order valence-electron chi connectivity index (χ0n) is 18.2. The molecule has 1 aliphatic heterocycles. The Morgan fingerprint density at radius 3 is 2.64 bits per heavy atom. The smallest absolute Gasteiger partial charge is 0.242 e. The Labute approximate surface area is 198 Å². The molecule has 33 heavy (non-hydrogen) atoms. The number of amides is 1. The number of morpholine rings is 1. The van der Waals surface area contributed by atoms with Crippen LogP contribution in [0, 0.1) is 0 Å². The van der Waals surface area contributed by atoms with E-state index in [0.29, 0.717) is 5.69 Å². The van der Waals surface area contributed by atoms with Crippen molar-refractivity contribution in [1.29, 1.82) is 0 Å². The van der Waals surface area contributed by atoms with Crippen LogP contribution in [0.3, 0.4) is 0 Å². The molecule has 8 nitrogen and oxygen atoms in total. The van der Waals surface area contributed by atoms with Gasteiger partial charge >= 0.3 is 0 Å². The zero-order valence-corrected chi connectivity index (χ0v) is 19.7. The number of nitrogens with zero attached hydrogens (tertiary/aromatic N) is 2. The van der Waals surface area contributed by atoms with Crippen molar-refractivity contribution in [2.24, 2.45) is 0 Å². The summed E-state index contributed by atoms with van der Waals surface area (Å²) in [6.45, 7) is 5.33. The standard InChI is InChI=1S/C23H27ClN4O4S/c24-20-3-1-2-4-22(20)33(30,31)25-9-7-23(29)26-19-5-6-21-18(17-19)8-10-28(21)12-11-27-13-15-32-16-14-27/h1-6,8,10,17,25H,7,9,11-16H2,(H,26,29). The number of anilines is 1. The minimum absolute atomic E-state index is 0.00226. The number of carbonyl (C=O) groups excluding carboxylic acids is 1. The van der Waals surface area contributed by atoms with Gasteiger partial charge in [-0.2, -0.15) is 0 Å². The number of benzene rings is 2. The molecule has 1 aliphatic rings. The number of fused-ring (bicyclic) bond motifs is 1. The highest BCUT2D eigenvalue weighted by atomic mass is 35.5. The van der Waals surface area contributed by atoms with E-state index in [2.05, 4.69) is 25.7 Å². The van der Waals surface area contributed by atoms with Crippen molar-refractivity contribution in [3.05, 3.63) is 59.8 Å². The monoisotopic (exact) mass is 490 g/mol. The second kappa shape index (κ2) is 10.7. The van der Waals surface area contributed by atoms with E-state index < -0.39 is 10.0 Å². The van der Waals surface area contributed by atoms with Crippen LogP contribution in [-0.2, 0) is 26.1 Å². The van der Waals surface area contributed by atoms with Crippen LogP contribution in [0.2, 0.25) is 5.02 Å². The molecule has 1 fully saturated rings. The first-order valence-electron chi connectivity index (χ1n) is 10.9. The zero-order chi connectivity index (χ0) is 23.3. The molecule has 0 saturated carbocycles. The molecule has 1 aromatic heterocycles. The summed E-state index contributed by atoms with van der Waals surface area (Å²) in [5.41, 5.74) is 1.78. The lowest BCUT2D eigenvalue weighted by Crippen LogP contribution is -2.38. The van der Waals surface area contributed by atoms with Gasteiger partial charge in [0.15, 0.2) is 0 Å². The summed E-state index contributed by atoms with van der Waals surface area (Å²) >= 11 is 5.96. The maximum Gasteiger partial charge on any atom is 0.242 e. The van der Waals surface area contributed by atoms with Crippen LogP contribution in [0.1, 0.15) is 6.42 Å². The van der Waals surface area contributed by atoms with Crippen LogP contribution in [0.5, 0.6) is 0 Å². The normalized spacial score (nSPS) is 15.1. The van der Waals surface area contributed by atoms with E-state index in [1.807, 2.05) is 24.3 Å². The van der Waals surface area contributed by atoms with Gasteiger partial charge in [-0.1, -0.05) is 23.7 Å². The number of hydrogen-bond acceptors (Lipinski definition) is 5. The van der Waals surface area contributed by atoms with Crippen molar-refractivity contribution in [1.82, 2.24) is 14.2 Å². The number of rotatable bonds is 9. The van der Waals surface area contributed by atoms with Gasteiger partial charge in [0, 0.05) is 61.9 Å². The van der Waals surface area contributed by atoms with Crippen LogP contribution in [0.15, 0.2) is 59.6 Å². The lowest BCUT2D eigenvalue weighted by Gasteiger charge is -2.26. The largest absolute Gasteiger partial charge is 0.379 e. The number of aromatic nitrogens is 1. The van der Waals surface area contributed by atoms with E-state index in [1.165, 1.54) is 12.1 Å². The first-order valence-corrected chi connectivity index (χ1v) is 12.7. The maximum atomic E-state index is 12.4. The van der Waals surface area contributed by atoms with Gasteiger partial charge < -0.3 is 14.6 Å². The molecule has 0 spiro atoms. The summed E-state index contributed by atoms with van der Waals surface area (Å²) in [6, 6.07) is 14.0. The van der Waals surface area contributed by atoms with Crippen molar-refractivity contribution < 1.29 is 17.9 Å². The van der Waals surface area contributed by atoms with Crippen LogP contribution in [-0.4, -0.2) is 63.2 Å². The Balaban J connectivity index is 1.29. The highest BCUT2D eigenvalue weighted by molar-refractivity contribution is 7.89. The van der Waals surface area contributed by atoms with Crippen LogP contribution in [0.4, 0.5) is 5.69 Å². The molecule has 10 heteroatoms. The molecule has 3 aromatic rings. The quantitative estimate of drug-likeness (QED) is 0.481. The van der Waals surface area contributed by atoms with Crippen LogP contribution in [0.25, 0.3) is 10.9 Å². The molecule has 2 heterocycles. The number of carbonyl (C=O) groups is 1. The molecule has 176 valence electrons. The molecule has 2 aromatic carbocycles. The fourth-order valence-electron chi connectivity index (χ4n) is 3.81. The summed E-state index contributed by atoms with van der Waals surface area (Å²) in [6.07, 6.45) is 2.06. The highest BCUT2D eigenvalue weighted by Gasteiger charge is 2.17. The van der Waals surface area contributed by atoms with Gasteiger partial charge in [-0.25, -0.2) is 13.1 Å². The van der Waals surface area contributed by atoms with Crippen LogP contribution >= 0.6 is 11.6 Å². The Morgan fingerprint density at radius 2 is 1.85 bits per heavy atom. The lowest BCUT2D eigenvalue weighted by atomic mass is 10.2. The third kappa shape index (κ3) is 6.13. The number of sulfonamides is 1. The average molecular weight is 491 g/mol. The molecule has 2 N–H and O–H groups in total. The third-order valence-corrected chi connectivity index (χ3v) is 7.55. The van der Waals surface area contributed by atoms with Crippen molar-refractivity contribution in [2.45, 2.75) is 17.9 Å². The predicted molar refractivity (Wildman–Crippen MR) is 129 cm³/mol. The second-order valence-electron chi connectivity index (χ2n) is 7.86. The molecule has 0 atom stereocenters. The van der Waals surface area contributed by atoms with Gasteiger partial charge in [-0.15, -0.1) is 0 Å². The summed E-state index contributed by atoms with van der Waals surface area (Å²) in [5.74, 6) is -0.275. The fourth-order valence-corrected chi connectivity index (χ4v) is 5.36. The minimum atomic E-state index is -3.77. The van der Waals surface area contributed by atoms with Gasteiger partial charge in [0.05, 0.1) is 18.2 Å². The molecular weight excluding hydrogens is 464 g/mol. The van der Waals surface area contributed by atoms with Gasteiger partial charge in [0.1, 0.15) is 4.90 Å². The Kier molecular flexibility index (Phi) is 7.67. The predicted octanol–water partition coefficient (Wildman–Crippen LogP) is 2.93. The van der Waals surface area contributed by atoms with E-state index in [4.69, 9.17) is 16.3 Å². The number of nitrogens with one attached hydrogen (secondary N) is 2. The second-order valence-corrected chi connectivity index (χ2v) is 10.0. The topological polar surface area (TPSA) is 92.7 Å². The first-order chi connectivity index (χ1) is 15.9. The average Bonchev–Trinajstić information content (AvgIpc) is 3.20. The molecule has 4 rings (SSSR count). The number of ether oxygens (including phenoxy) is 1. The molecule has 0 bridgehead atoms. The van der Waals surface area contributed by atoms with E-state index >= 15 is 0 Å². The highest BCUT2D eigenvalue weighted by Crippen LogP contribution is 2.22. The number of hydrogen-bond donors (Lipinski definition) is 2. The summed E-state index contributed by atoms with van der Waals surface area (Å²) < 4.78 is 34.7. The van der Waals surface area contributed by atoms with Gasteiger partial charge in [-0.3, -0.25) is 9.69 Å². The molecule has 0 aliphatic carbocycles. The van der Waals surface area contributed by atoms with Crippen LogP contribution < -0.4 is 10.0 Å².